The smallest absolute Gasteiger partial charge is 0.238 e. The van der Waals surface area contributed by atoms with Crippen LogP contribution < -0.4 is 10.1 Å². The number of aliphatic hydroxyl groups excluding tert-OH is 1. The van der Waals surface area contributed by atoms with Crippen molar-refractivity contribution in [3.05, 3.63) is 59.7 Å². The molecule has 3 atom stereocenters. The molecule has 146 valence electrons. The average Bonchev–Trinajstić information content (AvgIpc) is 2.67. The number of anilines is 1. The molecule has 0 spiro atoms. The Bertz CT molecular complexity index is 911. The van der Waals surface area contributed by atoms with Crippen LogP contribution in [0.3, 0.4) is 0 Å². The van der Waals surface area contributed by atoms with E-state index in [0.29, 0.717) is 17.9 Å². The fraction of sp³-hybridized carbons (Fsp3) is 0.364. The van der Waals surface area contributed by atoms with Gasteiger partial charge in [0.05, 0.1) is 6.61 Å². The number of nitrogens with zero attached hydrogens (tertiary/aromatic N) is 1. The van der Waals surface area contributed by atoms with E-state index in [1.54, 1.807) is 0 Å². The van der Waals surface area contributed by atoms with Crippen molar-refractivity contribution in [2.24, 2.45) is 5.92 Å². The standard InChI is InChI=1S/C22H24N2O4/c1-14-7-9-15(10-8-14)23-20(26)19-17-13-22(2,24(11-12-25)21(19)27)28-18-6-4-3-5-16(17)18/h3-10,17,19,25H,11-13H2,1-2H3,(H,23,26)/t17-,19-,22-/m0/s1. The lowest BCUT2D eigenvalue weighted by atomic mass is 9.73. The van der Waals surface area contributed by atoms with Gasteiger partial charge in [0.1, 0.15) is 11.7 Å². The van der Waals surface area contributed by atoms with E-state index in [1.165, 1.54) is 4.90 Å². The van der Waals surface area contributed by atoms with Gasteiger partial charge in [-0.25, -0.2) is 0 Å². The maximum absolute atomic E-state index is 13.3. The second kappa shape index (κ2) is 6.95. The third kappa shape index (κ3) is 3.03. The molecule has 2 aromatic rings. The molecule has 2 aliphatic rings. The number of carbonyl (C=O) groups is 2. The second-order valence-corrected chi connectivity index (χ2v) is 7.67. The summed E-state index contributed by atoms with van der Waals surface area (Å²) in [6, 6.07) is 15.0. The zero-order valence-electron chi connectivity index (χ0n) is 16.0. The number of fused-ring (bicyclic) bond motifs is 4. The number of aryl methyl sites for hydroxylation is 1. The van der Waals surface area contributed by atoms with Crippen molar-refractivity contribution in [1.82, 2.24) is 4.90 Å². The minimum atomic E-state index is -0.876. The van der Waals surface area contributed by atoms with Crippen LogP contribution in [0.25, 0.3) is 0 Å². The van der Waals surface area contributed by atoms with Crippen LogP contribution in [0.2, 0.25) is 0 Å². The minimum Gasteiger partial charge on any atom is -0.468 e. The molecule has 2 heterocycles. The van der Waals surface area contributed by atoms with E-state index in [0.717, 1.165) is 11.1 Å². The summed E-state index contributed by atoms with van der Waals surface area (Å²) in [6.45, 7) is 3.75. The minimum absolute atomic E-state index is 0.124. The Morgan fingerprint density at radius 1 is 1.25 bits per heavy atom. The van der Waals surface area contributed by atoms with Gasteiger partial charge in [-0.3, -0.25) is 9.59 Å². The first-order chi connectivity index (χ1) is 13.4. The van der Waals surface area contributed by atoms with Crippen molar-refractivity contribution in [3.63, 3.8) is 0 Å². The summed E-state index contributed by atoms with van der Waals surface area (Å²) < 4.78 is 6.15. The number of β-amino-alcohol motifs (C(OH)–C–C–N with tert-alkyl or cyclic N) is 1. The average molecular weight is 380 g/mol. The van der Waals surface area contributed by atoms with Crippen molar-refractivity contribution in [1.29, 1.82) is 0 Å². The van der Waals surface area contributed by atoms with E-state index < -0.39 is 11.6 Å². The summed E-state index contributed by atoms with van der Waals surface area (Å²) in [4.78, 5) is 28.0. The molecule has 1 fully saturated rings. The lowest BCUT2D eigenvalue weighted by Crippen LogP contribution is -2.64. The number of hydrogen-bond donors (Lipinski definition) is 2. The zero-order valence-corrected chi connectivity index (χ0v) is 16.0. The Morgan fingerprint density at radius 3 is 2.68 bits per heavy atom. The third-order valence-corrected chi connectivity index (χ3v) is 5.68. The Morgan fingerprint density at radius 2 is 1.96 bits per heavy atom. The maximum atomic E-state index is 13.3. The van der Waals surface area contributed by atoms with E-state index >= 15 is 0 Å². The van der Waals surface area contributed by atoms with Gasteiger partial charge in [-0.2, -0.15) is 0 Å². The van der Waals surface area contributed by atoms with Gasteiger partial charge in [-0.05, 0) is 37.6 Å². The Balaban J connectivity index is 1.72. The number of piperidine rings is 1. The number of carbonyl (C=O) groups excluding carboxylic acids is 2. The first-order valence-corrected chi connectivity index (χ1v) is 9.51. The number of para-hydroxylation sites is 1. The second-order valence-electron chi connectivity index (χ2n) is 7.67. The molecule has 2 N–H and O–H groups in total. The molecule has 6 heteroatoms. The Hall–Kier alpha value is -2.86. The lowest BCUT2D eigenvalue weighted by Gasteiger charge is -2.52. The molecule has 0 saturated carbocycles. The predicted octanol–water partition coefficient (Wildman–Crippen LogP) is 2.67. The number of aliphatic hydroxyl groups is 1. The highest BCUT2D eigenvalue weighted by Crippen LogP contribution is 2.50. The first-order valence-electron chi connectivity index (χ1n) is 9.51. The number of benzene rings is 2. The highest BCUT2D eigenvalue weighted by atomic mass is 16.5. The van der Waals surface area contributed by atoms with Gasteiger partial charge in [0, 0.05) is 24.6 Å². The molecule has 28 heavy (non-hydrogen) atoms. The van der Waals surface area contributed by atoms with Gasteiger partial charge in [0.2, 0.25) is 11.8 Å². The van der Waals surface area contributed by atoms with E-state index in [9.17, 15) is 14.7 Å². The van der Waals surface area contributed by atoms with Crippen molar-refractivity contribution in [2.75, 3.05) is 18.5 Å². The quantitative estimate of drug-likeness (QED) is 0.800. The van der Waals surface area contributed by atoms with Crippen LogP contribution in [0.5, 0.6) is 5.75 Å². The van der Waals surface area contributed by atoms with Crippen LogP contribution in [-0.2, 0) is 9.59 Å². The maximum Gasteiger partial charge on any atom is 0.238 e. The SMILES string of the molecule is Cc1ccc(NC(=O)[C@H]2C(=O)N(CCO)[C@]3(C)C[C@H]2c2ccccc2O3)cc1. The molecule has 2 aliphatic heterocycles. The number of amides is 2. The monoisotopic (exact) mass is 380 g/mol. The zero-order chi connectivity index (χ0) is 19.9. The van der Waals surface area contributed by atoms with Gasteiger partial charge in [0.15, 0.2) is 5.72 Å². The van der Waals surface area contributed by atoms with Crippen LogP contribution in [-0.4, -0.2) is 40.7 Å². The lowest BCUT2D eigenvalue weighted by molar-refractivity contribution is -0.176. The number of ether oxygens (including phenoxy) is 1. The van der Waals surface area contributed by atoms with Crippen molar-refractivity contribution < 1.29 is 19.4 Å². The van der Waals surface area contributed by atoms with Gasteiger partial charge < -0.3 is 20.1 Å². The molecular formula is C22H24N2O4. The molecule has 0 aliphatic carbocycles. The van der Waals surface area contributed by atoms with Crippen molar-refractivity contribution in [3.8, 4) is 5.75 Å². The summed E-state index contributed by atoms with van der Waals surface area (Å²) >= 11 is 0. The Kier molecular flexibility index (Phi) is 4.59. The molecule has 2 amide bonds. The molecule has 6 nitrogen and oxygen atoms in total. The topological polar surface area (TPSA) is 78.9 Å². The van der Waals surface area contributed by atoms with E-state index in [-0.39, 0.29) is 30.9 Å². The van der Waals surface area contributed by atoms with Crippen LogP contribution in [0.15, 0.2) is 48.5 Å². The van der Waals surface area contributed by atoms with E-state index in [4.69, 9.17) is 4.74 Å². The van der Waals surface area contributed by atoms with E-state index in [2.05, 4.69) is 5.32 Å². The third-order valence-electron chi connectivity index (χ3n) is 5.68. The molecule has 1 saturated heterocycles. The molecule has 0 radical (unpaired) electrons. The number of hydrogen-bond acceptors (Lipinski definition) is 4. The molecule has 4 rings (SSSR count). The molecule has 0 unspecified atom stereocenters. The van der Waals surface area contributed by atoms with Gasteiger partial charge in [0.25, 0.3) is 0 Å². The van der Waals surface area contributed by atoms with Crippen molar-refractivity contribution >= 4 is 17.5 Å². The summed E-state index contributed by atoms with van der Waals surface area (Å²) in [5.41, 5.74) is 1.75. The van der Waals surface area contributed by atoms with Gasteiger partial charge in [-0.1, -0.05) is 35.9 Å². The molecule has 2 aromatic carbocycles. The van der Waals surface area contributed by atoms with Crippen molar-refractivity contribution in [2.45, 2.75) is 31.9 Å². The largest absolute Gasteiger partial charge is 0.468 e. The summed E-state index contributed by atoms with van der Waals surface area (Å²) in [6.07, 6.45) is 0.502. The predicted molar refractivity (Wildman–Crippen MR) is 105 cm³/mol. The molecule has 2 bridgehead atoms. The molecular weight excluding hydrogens is 356 g/mol. The van der Waals surface area contributed by atoms with E-state index in [1.807, 2.05) is 62.4 Å². The van der Waals surface area contributed by atoms with Crippen LogP contribution >= 0.6 is 0 Å². The van der Waals surface area contributed by atoms with Gasteiger partial charge in [-0.15, -0.1) is 0 Å². The highest BCUT2D eigenvalue weighted by Gasteiger charge is 2.55. The van der Waals surface area contributed by atoms with Crippen LogP contribution in [0.1, 0.15) is 30.4 Å². The fourth-order valence-corrected chi connectivity index (χ4v) is 4.31. The first kappa shape index (κ1) is 18.5. The molecule has 0 aromatic heterocycles. The van der Waals surface area contributed by atoms with Crippen LogP contribution in [0, 0.1) is 12.8 Å². The Labute approximate surface area is 164 Å². The van der Waals surface area contributed by atoms with Crippen LogP contribution in [0.4, 0.5) is 5.69 Å². The normalized spacial score (nSPS) is 25.7. The highest BCUT2D eigenvalue weighted by molar-refractivity contribution is 6.08. The summed E-state index contributed by atoms with van der Waals surface area (Å²) in [5, 5.41) is 12.4. The van der Waals surface area contributed by atoms with Gasteiger partial charge >= 0.3 is 0 Å². The summed E-state index contributed by atoms with van der Waals surface area (Å²) in [5.74, 6) is -1.11. The fourth-order valence-electron chi connectivity index (χ4n) is 4.31. The number of nitrogens with one attached hydrogen (secondary N) is 1. The summed E-state index contributed by atoms with van der Waals surface area (Å²) in [7, 11) is 0. The number of likely N-dealkylation sites (tertiary alicyclic amines) is 1. The number of rotatable bonds is 4.